The minimum atomic E-state index is -0.718. The van der Waals surface area contributed by atoms with Gasteiger partial charge >= 0.3 is 0 Å². The van der Waals surface area contributed by atoms with Gasteiger partial charge in [0.2, 0.25) is 0 Å². The molecule has 1 fully saturated rings. The van der Waals surface area contributed by atoms with E-state index in [9.17, 15) is 29.8 Å². The van der Waals surface area contributed by atoms with E-state index in [1.165, 1.54) is 53.1 Å². The van der Waals surface area contributed by atoms with Gasteiger partial charge in [-0.1, -0.05) is 23.9 Å². The van der Waals surface area contributed by atoms with E-state index in [0.717, 1.165) is 12.1 Å². The van der Waals surface area contributed by atoms with Crippen LogP contribution in [0.1, 0.15) is 20.7 Å². The molecule has 0 saturated carbocycles. The Labute approximate surface area is 162 Å². The van der Waals surface area contributed by atoms with Crippen molar-refractivity contribution >= 4 is 40.1 Å². The third-order valence-corrected chi connectivity index (χ3v) is 4.78. The van der Waals surface area contributed by atoms with E-state index in [-0.39, 0.29) is 34.2 Å². The highest BCUT2D eigenvalue weighted by atomic mass is 32.2. The van der Waals surface area contributed by atoms with Crippen LogP contribution < -0.4 is 0 Å². The number of carbonyl (C=O) groups excluding carboxylic acids is 2. The SMILES string of the molecule is O=C(N=C1SCCN1C(=O)c1cccc([N+](=O)[O-])c1)c1cccc([N+](=O)[O-])c1. The lowest BCUT2D eigenvalue weighted by molar-refractivity contribution is -0.385. The van der Waals surface area contributed by atoms with Gasteiger partial charge in [0.1, 0.15) is 0 Å². The minimum absolute atomic E-state index is 0.0250. The lowest BCUT2D eigenvalue weighted by Crippen LogP contribution is -2.32. The van der Waals surface area contributed by atoms with E-state index in [2.05, 4.69) is 4.99 Å². The number of hydrogen-bond donors (Lipinski definition) is 0. The van der Waals surface area contributed by atoms with E-state index in [0.29, 0.717) is 5.75 Å². The second-order valence-corrected chi connectivity index (χ2v) is 6.68. The molecule has 28 heavy (non-hydrogen) atoms. The quantitative estimate of drug-likeness (QED) is 0.568. The zero-order chi connectivity index (χ0) is 20.3. The van der Waals surface area contributed by atoms with Crippen LogP contribution in [0.3, 0.4) is 0 Å². The van der Waals surface area contributed by atoms with E-state index < -0.39 is 21.7 Å². The summed E-state index contributed by atoms with van der Waals surface area (Å²) in [6.07, 6.45) is 0. The molecule has 0 bridgehead atoms. The zero-order valence-corrected chi connectivity index (χ0v) is 15.0. The van der Waals surface area contributed by atoms with Crippen LogP contribution in [-0.4, -0.2) is 44.0 Å². The number of benzene rings is 2. The van der Waals surface area contributed by atoms with Gasteiger partial charge in [-0.3, -0.25) is 34.7 Å². The summed E-state index contributed by atoms with van der Waals surface area (Å²) >= 11 is 1.18. The second-order valence-electron chi connectivity index (χ2n) is 5.62. The predicted octanol–water partition coefficient (Wildman–Crippen LogP) is 2.89. The number of non-ortho nitro benzene ring substituents is 2. The van der Waals surface area contributed by atoms with Crippen molar-refractivity contribution in [3.8, 4) is 0 Å². The maximum absolute atomic E-state index is 12.7. The summed E-state index contributed by atoms with van der Waals surface area (Å²) in [6, 6.07) is 10.4. The Morgan fingerprint density at radius 2 is 1.54 bits per heavy atom. The van der Waals surface area contributed by atoms with Gasteiger partial charge in [-0.2, -0.15) is 4.99 Å². The number of carbonyl (C=O) groups is 2. The number of aliphatic imine (C=N–C) groups is 1. The molecule has 0 aliphatic carbocycles. The van der Waals surface area contributed by atoms with Crippen molar-refractivity contribution in [1.29, 1.82) is 0 Å². The fourth-order valence-corrected chi connectivity index (χ4v) is 3.43. The maximum Gasteiger partial charge on any atom is 0.279 e. The van der Waals surface area contributed by atoms with E-state index in [4.69, 9.17) is 0 Å². The van der Waals surface area contributed by atoms with Crippen molar-refractivity contribution < 1.29 is 19.4 Å². The molecule has 0 atom stereocenters. The van der Waals surface area contributed by atoms with Crippen LogP contribution in [0.2, 0.25) is 0 Å². The largest absolute Gasteiger partial charge is 0.286 e. The molecule has 2 aromatic carbocycles. The van der Waals surface area contributed by atoms with Crippen LogP contribution >= 0.6 is 11.8 Å². The number of rotatable bonds is 4. The van der Waals surface area contributed by atoms with Crippen molar-refractivity contribution in [2.45, 2.75) is 0 Å². The molecule has 3 rings (SSSR count). The summed E-state index contributed by atoms with van der Waals surface area (Å²) in [5, 5.41) is 21.9. The molecule has 1 saturated heterocycles. The fraction of sp³-hybridized carbons (Fsp3) is 0.118. The summed E-state index contributed by atoms with van der Waals surface area (Å²) < 4.78 is 0. The first kappa shape index (κ1) is 19.2. The molecule has 1 heterocycles. The Morgan fingerprint density at radius 1 is 0.964 bits per heavy atom. The number of thioether (sulfide) groups is 1. The molecule has 1 aliphatic rings. The Hall–Kier alpha value is -3.60. The number of amides is 2. The second kappa shape index (κ2) is 7.96. The van der Waals surface area contributed by atoms with Crippen molar-refractivity contribution in [2.24, 2.45) is 4.99 Å². The third kappa shape index (κ3) is 4.04. The molecule has 0 N–H and O–H groups in total. The normalized spacial score (nSPS) is 14.9. The number of amidine groups is 1. The third-order valence-electron chi connectivity index (χ3n) is 3.83. The molecule has 1 aliphatic heterocycles. The van der Waals surface area contributed by atoms with E-state index in [1.54, 1.807) is 0 Å². The van der Waals surface area contributed by atoms with E-state index >= 15 is 0 Å². The molecule has 0 aromatic heterocycles. The Bertz CT molecular complexity index is 1020. The minimum Gasteiger partial charge on any atom is -0.286 e. The molecular weight excluding hydrogens is 388 g/mol. The first-order valence-corrected chi connectivity index (χ1v) is 8.92. The molecule has 0 unspecified atom stereocenters. The van der Waals surface area contributed by atoms with Crippen LogP contribution in [0.25, 0.3) is 0 Å². The van der Waals surface area contributed by atoms with Crippen LogP contribution in [0.4, 0.5) is 11.4 Å². The molecule has 2 amide bonds. The van der Waals surface area contributed by atoms with Crippen molar-refractivity contribution in [3.63, 3.8) is 0 Å². The highest BCUT2D eigenvalue weighted by molar-refractivity contribution is 8.14. The lowest BCUT2D eigenvalue weighted by Gasteiger charge is -2.15. The summed E-state index contributed by atoms with van der Waals surface area (Å²) in [5.74, 6) is -0.730. The van der Waals surface area contributed by atoms with Gasteiger partial charge in [-0.25, -0.2) is 0 Å². The zero-order valence-electron chi connectivity index (χ0n) is 14.2. The average molecular weight is 400 g/mol. The predicted molar refractivity (Wildman–Crippen MR) is 101 cm³/mol. The Balaban J connectivity index is 1.86. The summed E-state index contributed by atoms with van der Waals surface area (Å²) in [6.45, 7) is 0.285. The smallest absolute Gasteiger partial charge is 0.279 e. The van der Waals surface area contributed by atoms with Crippen molar-refractivity contribution in [3.05, 3.63) is 79.9 Å². The van der Waals surface area contributed by atoms with Crippen LogP contribution in [0.15, 0.2) is 53.5 Å². The monoisotopic (exact) mass is 400 g/mol. The average Bonchev–Trinajstić information content (AvgIpc) is 3.15. The molecule has 142 valence electrons. The van der Waals surface area contributed by atoms with Gasteiger partial charge in [-0.05, 0) is 12.1 Å². The van der Waals surface area contributed by atoms with Gasteiger partial charge in [0, 0.05) is 47.7 Å². The number of nitrogens with zero attached hydrogens (tertiary/aromatic N) is 4. The first-order chi connectivity index (χ1) is 13.4. The van der Waals surface area contributed by atoms with Gasteiger partial charge < -0.3 is 0 Å². The molecule has 0 radical (unpaired) electrons. The van der Waals surface area contributed by atoms with E-state index in [1.807, 2.05) is 0 Å². The fourth-order valence-electron chi connectivity index (χ4n) is 2.50. The molecular formula is C17H12N4O6S. The Morgan fingerprint density at radius 3 is 2.14 bits per heavy atom. The number of nitro benzene ring substituents is 2. The van der Waals surface area contributed by atoms with Crippen molar-refractivity contribution in [2.75, 3.05) is 12.3 Å². The van der Waals surface area contributed by atoms with Gasteiger partial charge in [-0.15, -0.1) is 0 Å². The van der Waals surface area contributed by atoms with Crippen molar-refractivity contribution in [1.82, 2.24) is 4.90 Å². The Kier molecular flexibility index (Phi) is 5.45. The first-order valence-electron chi connectivity index (χ1n) is 7.93. The molecule has 0 spiro atoms. The summed E-state index contributed by atoms with van der Waals surface area (Å²) in [7, 11) is 0. The molecule has 11 heteroatoms. The van der Waals surface area contributed by atoms with Crippen LogP contribution in [0.5, 0.6) is 0 Å². The topological polar surface area (TPSA) is 136 Å². The number of nitro groups is 2. The van der Waals surface area contributed by atoms with Gasteiger partial charge in [0.25, 0.3) is 23.2 Å². The van der Waals surface area contributed by atoms with Gasteiger partial charge in [0.15, 0.2) is 5.17 Å². The molecule has 2 aromatic rings. The number of hydrogen-bond acceptors (Lipinski definition) is 7. The van der Waals surface area contributed by atoms with Gasteiger partial charge in [0.05, 0.1) is 9.85 Å². The van der Waals surface area contributed by atoms with Crippen LogP contribution in [-0.2, 0) is 0 Å². The molecule has 10 nitrogen and oxygen atoms in total. The standard InChI is InChI=1S/C17H12N4O6S/c22-15(11-3-1-5-13(9-11)20(24)25)18-17-19(7-8-28-17)16(23)12-4-2-6-14(10-12)21(26)27/h1-6,9-10H,7-8H2. The maximum atomic E-state index is 12.7. The highest BCUT2D eigenvalue weighted by Gasteiger charge is 2.28. The summed E-state index contributed by atoms with van der Waals surface area (Å²) in [5.41, 5.74) is -0.331. The van der Waals surface area contributed by atoms with Crippen LogP contribution in [0, 0.1) is 20.2 Å². The summed E-state index contributed by atoms with van der Waals surface area (Å²) in [4.78, 5) is 50.8. The highest BCUT2D eigenvalue weighted by Crippen LogP contribution is 2.23. The lowest BCUT2D eigenvalue weighted by atomic mass is 10.2.